The zero-order valence-corrected chi connectivity index (χ0v) is 10.1. The fourth-order valence-electron chi connectivity index (χ4n) is 1.63. The summed E-state index contributed by atoms with van der Waals surface area (Å²) >= 11 is 0. The van der Waals surface area contributed by atoms with Gasteiger partial charge in [0.25, 0.3) is 0 Å². The van der Waals surface area contributed by atoms with Crippen molar-refractivity contribution in [2.75, 3.05) is 0 Å². The van der Waals surface area contributed by atoms with Gasteiger partial charge < -0.3 is 0 Å². The Labute approximate surface area is 113 Å². The fraction of sp³-hybridized carbons (Fsp3) is 0. The van der Waals surface area contributed by atoms with Crippen molar-refractivity contribution in [1.29, 1.82) is 5.26 Å². The number of nitriles is 1. The molecular formula is C13H7FN6. The van der Waals surface area contributed by atoms with Crippen LogP contribution in [0.25, 0.3) is 17.2 Å². The molecule has 2 aromatic heterocycles. The highest BCUT2D eigenvalue weighted by Crippen LogP contribution is 2.15. The molecule has 7 heteroatoms. The van der Waals surface area contributed by atoms with Crippen molar-refractivity contribution < 1.29 is 4.39 Å². The quantitative estimate of drug-likeness (QED) is 0.705. The van der Waals surface area contributed by atoms with Gasteiger partial charge in [0, 0.05) is 11.8 Å². The van der Waals surface area contributed by atoms with Crippen LogP contribution in [0.4, 0.5) is 4.39 Å². The summed E-state index contributed by atoms with van der Waals surface area (Å²) < 4.78 is 13.1. The summed E-state index contributed by atoms with van der Waals surface area (Å²) in [4.78, 5) is 5.27. The van der Waals surface area contributed by atoms with E-state index in [1.54, 1.807) is 24.3 Å². The standard InChI is InChI=1S/C13H7FN6/c14-11-3-1-2-10(6-11)13-17-19-20(18-13)12-5-4-9(7-15)8-16-12/h1-6,8H. The Balaban J connectivity index is 1.95. The molecule has 3 aromatic rings. The van der Waals surface area contributed by atoms with Gasteiger partial charge in [-0.15, -0.1) is 15.0 Å². The van der Waals surface area contributed by atoms with E-state index in [4.69, 9.17) is 5.26 Å². The van der Waals surface area contributed by atoms with E-state index in [2.05, 4.69) is 20.4 Å². The molecule has 20 heavy (non-hydrogen) atoms. The topological polar surface area (TPSA) is 80.3 Å². The summed E-state index contributed by atoms with van der Waals surface area (Å²) in [6, 6.07) is 11.1. The molecule has 3 rings (SSSR count). The SMILES string of the molecule is N#Cc1ccc(-n2nnc(-c3cccc(F)c3)n2)nc1. The molecule has 0 spiro atoms. The second kappa shape index (κ2) is 4.85. The third-order valence-corrected chi connectivity index (χ3v) is 2.58. The summed E-state index contributed by atoms with van der Waals surface area (Å²) in [6.07, 6.45) is 1.42. The van der Waals surface area contributed by atoms with Crippen molar-refractivity contribution in [2.24, 2.45) is 0 Å². The maximum Gasteiger partial charge on any atom is 0.205 e. The van der Waals surface area contributed by atoms with Gasteiger partial charge in [0.1, 0.15) is 11.9 Å². The molecule has 0 atom stereocenters. The van der Waals surface area contributed by atoms with Gasteiger partial charge in [-0.25, -0.2) is 9.37 Å². The molecule has 0 aliphatic rings. The van der Waals surface area contributed by atoms with Gasteiger partial charge in [-0.05, 0) is 29.5 Å². The predicted molar refractivity (Wildman–Crippen MR) is 67.1 cm³/mol. The number of hydrogen-bond acceptors (Lipinski definition) is 5. The lowest BCUT2D eigenvalue weighted by molar-refractivity contribution is 0.628. The van der Waals surface area contributed by atoms with Crippen LogP contribution in [0.15, 0.2) is 42.6 Å². The Kier molecular flexibility index (Phi) is 2.89. The van der Waals surface area contributed by atoms with Gasteiger partial charge in [-0.1, -0.05) is 12.1 Å². The van der Waals surface area contributed by atoms with Gasteiger partial charge in [0.15, 0.2) is 5.82 Å². The molecule has 2 heterocycles. The van der Waals surface area contributed by atoms with E-state index in [-0.39, 0.29) is 5.82 Å². The lowest BCUT2D eigenvalue weighted by atomic mass is 10.2. The van der Waals surface area contributed by atoms with Crippen molar-refractivity contribution in [3.63, 3.8) is 0 Å². The minimum Gasteiger partial charge on any atom is -0.234 e. The molecule has 0 aliphatic heterocycles. The lowest BCUT2D eigenvalue weighted by Crippen LogP contribution is -2.01. The van der Waals surface area contributed by atoms with Crippen LogP contribution in [0.1, 0.15) is 5.56 Å². The smallest absolute Gasteiger partial charge is 0.205 e. The number of aromatic nitrogens is 5. The van der Waals surface area contributed by atoms with Crippen molar-refractivity contribution in [1.82, 2.24) is 25.2 Å². The molecule has 0 N–H and O–H groups in total. The molecule has 0 saturated heterocycles. The second-order valence-electron chi connectivity index (χ2n) is 3.93. The van der Waals surface area contributed by atoms with E-state index in [1.807, 2.05) is 6.07 Å². The highest BCUT2D eigenvalue weighted by molar-refractivity contribution is 5.53. The largest absolute Gasteiger partial charge is 0.234 e. The highest BCUT2D eigenvalue weighted by atomic mass is 19.1. The monoisotopic (exact) mass is 266 g/mol. The molecule has 0 bridgehead atoms. The Hall–Kier alpha value is -3.14. The summed E-state index contributed by atoms with van der Waals surface area (Å²) in [6.45, 7) is 0. The fourth-order valence-corrected chi connectivity index (χ4v) is 1.63. The third-order valence-electron chi connectivity index (χ3n) is 2.58. The average molecular weight is 266 g/mol. The number of halogens is 1. The first kappa shape index (κ1) is 11.9. The Morgan fingerprint density at radius 1 is 1.20 bits per heavy atom. The molecule has 1 aromatic carbocycles. The average Bonchev–Trinajstić information content (AvgIpc) is 2.97. The maximum absolute atomic E-state index is 13.1. The molecule has 0 unspecified atom stereocenters. The Bertz CT molecular complexity index is 787. The Morgan fingerprint density at radius 3 is 2.80 bits per heavy atom. The third kappa shape index (κ3) is 2.22. The van der Waals surface area contributed by atoms with Crippen LogP contribution in [0.5, 0.6) is 0 Å². The van der Waals surface area contributed by atoms with Crippen LogP contribution in [0.2, 0.25) is 0 Å². The minimum absolute atomic E-state index is 0.302. The van der Waals surface area contributed by atoms with Crippen molar-refractivity contribution >= 4 is 0 Å². The van der Waals surface area contributed by atoms with Crippen LogP contribution in [0, 0.1) is 17.1 Å². The number of nitrogens with zero attached hydrogens (tertiary/aromatic N) is 6. The predicted octanol–water partition coefficient (Wildman–Crippen LogP) is 1.74. The number of tetrazole rings is 1. The van der Waals surface area contributed by atoms with Gasteiger partial charge in [0.05, 0.1) is 5.56 Å². The molecule has 0 aliphatic carbocycles. The van der Waals surface area contributed by atoms with E-state index in [0.29, 0.717) is 22.8 Å². The van der Waals surface area contributed by atoms with Gasteiger partial charge in [-0.2, -0.15) is 5.26 Å². The Morgan fingerprint density at radius 2 is 2.10 bits per heavy atom. The van der Waals surface area contributed by atoms with Crippen LogP contribution < -0.4 is 0 Å². The number of benzene rings is 1. The normalized spacial score (nSPS) is 10.2. The number of rotatable bonds is 2. The zero-order valence-electron chi connectivity index (χ0n) is 10.1. The molecule has 96 valence electrons. The summed E-state index contributed by atoms with van der Waals surface area (Å²) in [5.74, 6) is 0.366. The van der Waals surface area contributed by atoms with E-state index >= 15 is 0 Å². The van der Waals surface area contributed by atoms with Crippen molar-refractivity contribution in [3.05, 3.63) is 54.0 Å². The molecule has 0 radical (unpaired) electrons. The van der Waals surface area contributed by atoms with Crippen molar-refractivity contribution in [3.8, 4) is 23.3 Å². The zero-order chi connectivity index (χ0) is 13.9. The maximum atomic E-state index is 13.1. The molecule has 6 nitrogen and oxygen atoms in total. The highest BCUT2D eigenvalue weighted by Gasteiger charge is 2.08. The number of hydrogen-bond donors (Lipinski definition) is 0. The molecule has 0 amide bonds. The van der Waals surface area contributed by atoms with Crippen molar-refractivity contribution in [2.45, 2.75) is 0 Å². The van der Waals surface area contributed by atoms with E-state index in [1.165, 1.54) is 23.1 Å². The summed E-state index contributed by atoms with van der Waals surface area (Å²) in [7, 11) is 0. The molecule has 0 fully saturated rings. The second-order valence-corrected chi connectivity index (χ2v) is 3.93. The molecular weight excluding hydrogens is 259 g/mol. The van der Waals surface area contributed by atoms with E-state index in [0.717, 1.165) is 0 Å². The molecule has 0 saturated carbocycles. The van der Waals surface area contributed by atoms with E-state index < -0.39 is 0 Å². The van der Waals surface area contributed by atoms with Gasteiger partial charge >= 0.3 is 0 Å². The van der Waals surface area contributed by atoms with Crippen LogP contribution in [0.3, 0.4) is 0 Å². The minimum atomic E-state index is -0.365. The summed E-state index contributed by atoms with van der Waals surface area (Å²) in [5, 5.41) is 20.5. The summed E-state index contributed by atoms with van der Waals surface area (Å²) in [5.41, 5.74) is 0.976. The van der Waals surface area contributed by atoms with Crippen LogP contribution >= 0.6 is 0 Å². The lowest BCUT2D eigenvalue weighted by Gasteiger charge is -1.96. The first-order valence-corrected chi connectivity index (χ1v) is 5.69. The van der Waals surface area contributed by atoms with Gasteiger partial charge in [-0.3, -0.25) is 0 Å². The van der Waals surface area contributed by atoms with Crippen LogP contribution in [-0.4, -0.2) is 25.2 Å². The van der Waals surface area contributed by atoms with Gasteiger partial charge in [0.2, 0.25) is 5.82 Å². The first-order valence-electron chi connectivity index (χ1n) is 5.69. The number of pyridine rings is 1. The first-order chi connectivity index (χ1) is 9.76. The van der Waals surface area contributed by atoms with Crippen LogP contribution in [-0.2, 0) is 0 Å². The van der Waals surface area contributed by atoms with E-state index in [9.17, 15) is 4.39 Å².